The van der Waals surface area contributed by atoms with Gasteiger partial charge in [0.2, 0.25) is 11.8 Å². The number of carbonyl (C=O) groups excluding carboxylic acids is 2. The fourth-order valence-corrected chi connectivity index (χ4v) is 4.86. The summed E-state index contributed by atoms with van der Waals surface area (Å²) in [5.41, 5.74) is 1.16. The first-order valence-corrected chi connectivity index (χ1v) is 9.69. The number of aryl methyl sites for hydroxylation is 2. The summed E-state index contributed by atoms with van der Waals surface area (Å²) in [6.07, 6.45) is 8.72. The van der Waals surface area contributed by atoms with Gasteiger partial charge in [0.05, 0.1) is 11.6 Å². The van der Waals surface area contributed by atoms with Crippen molar-refractivity contribution in [1.29, 1.82) is 0 Å². The van der Waals surface area contributed by atoms with E-state index in [1.807, 2.05) is 4.90 Å². The molecule has 0 radical (unpaired) electrons. The Morgan fingerprint density at radius 1 is 1.38 bits per heavy atom. The third-order valence-electron chi connectivity index (χ3n) is 5.14. The predicted octanol–water partition coefficient (Wildman–Crippen LogP) is 2.55. The van der Waals surface area contributed by atoms with Crippen molar-refractivity contribution in [2.45, 2.75) is 51.0 Å². The molecule has 5 nitrogen and oxygen atoms in total. The zero-order valence-electron chi connectivity index (χ0n) is 13.9. The van der Waals surface area contributed by atoms with Gasteiger partial charge in [0.1, 0.15) is 0 Å². The highest BCUT2D eigenvalue weighted by Crippen LogP contribution is 2.36. The molecule has 0 bridgehead atoms. The highest BCUT2D eigenvalue weighted by Gasteiger charge is 2.43. The van der Waals surface area contributed by atoms with Gasteiger partial charge in [-0.3, -0.25) is 14.5 Å². The van der Waals surface area contributed by atoms with Gasteiger partial charge in [-0.2, -0.15) is 0 Å². The molecule has 128 valence electrons. The number of hydrogen-bond acceptors (Lipinski definition) is 4. The number of amides is 2. The Bertz CT molecular complexity index is 656. The Morgan fingerprint density at radius 3 is 2.88 bits per heavy atom. The van der Waals surface area contributed by atoms with Crippen LogP contribution in [0.4, 0.5) is 5.13 Å². The van der Waals surface area contributed by atoms with E-state index in [1.54, 1.807) is 22.3 Å². The smallest absolute Gasteiger partial charge is 0.234 e. The molecule has 1 aliphatic heterocycles. The molecule has 2 fully saturated rings. The number of likely N-dealkylation sites (tertiary alicyclic amines) is 1. The van der Waals surface area contributed by atoms with Gasteiger partial charge in [-0.25, -0.2) is 4.98 Å². The predicted molar refractivity (Wildman–Crippen MR) is 94.1 cm³/mol. The minimum Gasteiger partial charge on any atom is -0.339 e. The summed E-state index contributed by atoms with van der Waals surface area (Å²) in [7, 11) is 0. The molecular weight excluding hydrogens is 322 g/mol. The SMILES string of the molecule is C=CCN(C(=O)C1CC(=O)N(C2CC2)C1)c1nc2c(s1)CCCC2. The molecular formula is C18H23N3O2S. The summed E-state index contributed by atoms with van der Waals surface area (Å²) < 4.78 is 0. The van der Waals surface area contributed by atoms with E-state index in [1.165, 1.54) is 17.7 Å². The molecule has 24 heavy (non-hydrogen) atoms. The molecule has 1 aromatic rings. The maximum atomic E-state index is 13.0. The first-order chi connectivity index (χ1) is 11.7. The molecule has 1 aromatic heterocycles. The number of rotatable bonds is 5. The highest BCUT2D eigenvalue weighted by atomic mass is 32.1. The van der Waals surface area contributed by atoms with Gasteiger partial charge in [0.25, 0.3) is 0 Å². The monoisotopic (exact) mass is 345 g/mol. The van der Waals surface area contributed by atoms with E-state index in [0.29, 0.717) is 25.6 Å². The van der Waals surface area contributed by atoms with Crippen LogP contribution in [0.2, 0.25) is 0 Å². The summed E-state index contributed by atoms with van der Waals surface area (Å²) in [5, 5.41) is 0.782. The lowest BCUT2D eigenvalue weighted by molar-refractivity contribution is -0.128. The van der Waals surface area contributed by atoms with E-state index in [0.717, 1.165) is 36.5 Å². The highest BCUT2D eigenvalue weighted by molar-refractivity contribution is 7.16. The third-order valence-corrected chi connectivity index (χ3v) is 6.32. The molecule has 0 aromatic carbocycles. The van der Waals surface area contributed by atoms with Gasteiger partial charge in [-0.15, -0.1) is 17.9 Å². The largest absolute Gasteiger partial charge is 0.339 e. The maximum absolute atomic E-state index is 13.0. The van der Waals surface area contributed by atoms with E-state index < -0.39 is 0 Å². The fraction of sp³-hybridized carbons (Fsp3) is 0.611. The number of aromatic nitrogens is 1. The van der Waals surface area contributed by atoms with Crippen molar-refractivity contribution in [3.63, 3.8) is 0 Å². The van der Waals surface area contributed by atoms with Crippen molar-refractivity contribution in [2.24, 2.45) is 5.92 Å². The number of thiazole rings is 1. The molecule has 0 spiro atoms. The van der Waals surface area contributed by atoms with E-state index >= 15 is 0 Å². The molecule has 1 saturated carbocycles. The molecule has 1 atom stereocenters. The molecule has 4 rings (SSSR count). The van der Waals surface area contributed by atoms with Gasteiger partial charge < -0.3 is 4.90 Å². The topological polar surface area (TPSA) is 53.5 Å². The second-order valence-corrected chi connectivity index (χ2v) is 8.05. The van der Waals surface area contributed by atoms with Crippen LogP contribution in [0, 0.1) is 5.92 Å². The molecule has 2 aliphatic carbocycles. The normalized spacial score (nSPS) is 23.2. The van der Waals surface area contributed by atoms with Crippen molar-refractivity contribution in [2.75, 3.05) is 18.0 Å². The first kappa shape index (κ1) is 15.8. The Labute approximate surface area is 146 Å². The molecule has 1 saturated heterocycles. The van der Waals surface area contributed by atoms with Crippen LogP contribution < -0.4 is 4.90 Å². The van der Waals surface area contributed by atoms with E-state index in [2.05, 4.69) is 6.58 Å². The van der Waals surface area contributed by atoms with Crippen LogP contribution in [0.25, 0.3) is 0 Å². The number of carbonyl (C=O) groups is 2. The van der Waals surface area contributed by atoms with E-state index in [9.17, 15) is 9.59 Å². The minimum absolute atomic E-state index is 0.0255. The van der Waals surface area contributed by atoms with Gasteiger partial charge in [0, 0.05) is 30.4 Å². The second-order valence-electron chi connectivity index (χ2n) is 6.99. The van der Waals surface area contributed by atoms with Crippen LogP contribution >= 0.6 is 11.3 Å². The summed E-state index contributed by atoms with van der Waals surface area (Å²) in [6, 6.07) is 0.385. The van der Waals surface area contributed by atoms with Crippen LogP contribution in [0.15, 0.2) is 12.7 Å². The van der Waals surface area contributed by atoms with Gasteiger partial charge >= 0.3 is 0 Å². The second kappa shape index (κ2) is 6.31. The molecule has 2 amide bonds. The van der Waals surface area contributed by atoms with E-state index in [-0.39, 0.29) is 17.7 Å². The average molecular weight is 345 g/mol. The van der Waals surface area contributed by atoms with Crippen LogP contribution in [-0.4, -0.2) is 40.8 Å². The standard InChI is InChI=1S/C18H23N3O2S/c1-2-9-20(18-19-14-5-3-4-6-15(14)24-18)17(23)12-10-16(22)21(11-12)13-7-8-13/h2,12-13H,1,3-11H2. The lowest BCUT2D eigenvalue weighted by atomic mass is 10.0. The molecule has 1 unspecified atom stereocenters. The van der Waals surface area contributed by atoms with Gasteiger partial charge in [-0.1, -0.05) is 6.08 Å². The number of nitrogens with zero attached hydrogens (tertiary/aromatic N) is 3. The summed E-state index contributed by atoms with van der Waals surface area (Å²) in [5.74, 6) is -0.0793. The molecule has 2 heterocycles. The summed E-state index contributed by atoms with van der Waals surface area (Å²) in [6.45, 7) is 4.82. The third kappa shape index (κ3) is 2.88. The van der Waals surface area contributed by atoms with E-state index in [4.69, 9.17) is 4.98 Å². The van der Waals surface area contributed by atoms with Crippen LogP contribution in [0.1, 0.15) is 42.7 Å². The van der Waals surface area contributed by atoms with Crippen molar-refractivity contribution in [3.05, 3.63) is 23.2 Å². The van der Waals surface area contributed by atoms with Crippen LogP contribution in [0.5, 0.6) is 0 Å². The zero-order valence-corrected chi connectivity index (χ0v) is 14.7. The average Bonchev–Trinajstić information content (AvgIpc) is 3.21. The first-order valence-electron chi connectivity index (χ1n) is 8.87. The van der Waals surface area contributed by atoms with Crippen molar-refractivity contribution in [3.8, 4) is 0 Å². The zero-order chi connectivity index (χ0) is 16.7. The Balaban J connectivity index is 1.54. The lowest BCUT2D eigenvalue weighted by Crippen LogP contribution is -2.38. The van der Waals surface area contributed by atoms with Crippen LogP contribution in [0.3, 0.4) is 0 Å². The van der Waals surface area contributed by atoms with Crippen molar-refractivity contribution < 1.29 is 9.59 Å². The Kier molecular flexibility index (Phi) is 4.16. The lowest BCUT2D eigenvalue weighted by Gasteiger charge is -2.22. The Hall–Kier alpha value is -1.69. The quantitative estimate of drug-likeness (QED) is 0.771. The molecule has 3 aliphatic rings. The van der Waals surface area contributed by atoms with Gasteiger partial charge in [0.15, 0.2) is 5.13 Å². The van der Waals surface area contributed by atoms with Crippen molar-refractivity contribution >= 4 is 28.3 Å². The number of anilines is 1. The summed E-state index contributed by atoms with van der Waals surface area (Å²) in [4.78, 5) is 34.9. The maximum Gasteiger partial charge on any atom is 0.234 e. The van der Waals surface area contributed by atoms with Crippen LogP contribution in [-0.2, 0) is 22.4 Å². The minimum atomic E-state index is -0.237. The Morgan fingerprint density at radius 2 is 2.17 bits per heavy atom. The summed E-state index contributed by atoms with van der Waals surface area (Å²) >= 11 is 1.64. The molecule has 6 heteroatoms. The fourth-order valence-electron chi connectivity index (χ4n) is 3.70. The number of hydrogen-bond donors (Lipinski definition) is 0. The van der Waals surface area contributed by atoms with Crippen molar-refractivity contribution in [1.82, 2.24) is 9.88 Å². The van der Waals surface area contributed by atoms with Gasteiger partial charge in [-0.05, 0) is 38.5 Å². The molecule has 0 N–H and O–H groups in total. The number of fused-ring (bicyclic) bond motifs is 1.